The molecule has 3 rings (SSSR count). The van der Waals surface area contributed by atoms with Crippen molar-refractivity contribution in [3.63, 3.8) is 0 Å². The van der Waals surface area contributed by atoms with E-state index < -0.39 is 0 Å². The van der Waals surface area contributed by atoms with Crippen LogP contribution in [0.25, 0.3) is 0 Å². The maximum Gasteiger partial charge on any atom is 0.255 e. The van der Waals surface area contributed by atoms with E-state index in [1.54, 1.807) is 36.4 Å². The number of carbonyl (C=O) groups is 2. The lowest BCUT2D eigenvalue weighted by molar-refractivity contribution is -0.120. The first-order valence-electron chi connectivity index (χ1n) is 8.92. The molecule has 0 unspecified atom stereocenters. The summed E-state index contributed by atoms with van der Waals surface area (Å²) in [5.41, 5.74) is 2.07. The van der Waals surface area contributed by atoms with Crippen LogP contribution in [0.2, 0.25) is 0 Å². The zero-order valence-corrected chi connectivity index (χ0v) is 15.2. The number of benzene rings is 3. The van der Waals surface area contributed by atoms with E-state index >= 15 is 0 Å². The average molecular weight is 377 g/mol. The van der Waals surface area contributed by atoms with Gasteiger partial charge in [0.2, 0.25) is 0 Å². The summed E-state index contributed by atoms with van der Waals surface area (Å²) in [6.07, 6.45) is 0.142. The Morgan fingerprint density at radius 3 is 2.25 bits per heavy atom. The second-order valence-electron chi connectivity index (χ2n) is 6.30. The molecule has 0 saturated heterocycles. The number of carbonyl (C=O) groups excluding carboxylic acids is 2. The number of rotatable bonds is 8. The first-order chi connectivity index (χ1) is 13.6. The lowest BCUT2D eigenvalue weighted by atomic mass is 10.1. The number of amides is 1. The number of nitrogens with one attached hydrogen (secondary N) is 1. The van der Waals surface area contributed by atoms with Crippen molar-refractivity contribution in [1.82, 2.24) is 5.32 Å². The molecule has 0 spiro atoms. The van der Waals surface area contributed by atoms with Gasteiger partial charge >= 0.3 is 0 Å². The molecule has 3 aromatic rings. The van der Waals surface area contributed by atoms with Crippen molar-refractivity contribution in [2.75, 3.05) is 6.61 Å². The second-order valence-corrected chi connectivity index (χ2v) is 6.30. The van der Waals surface area contributed by atoms with E-state index in [1.165, 1.54) is 12.1 Å². The van der Waals surface area contributed by atoms with Gasteiger partial charge in [-0.2, -0.15) is 0 Å². The van der Waals surface area contributed by atoms with Crippen LogP contribution in [0.3, 0.4) is 0 Å². The fourth-order valence-corrected chi connectivity index (χ4v) is 2.69. The van der Waals surface area contributed by atoms with Crippen LogP contribution in [-0.2, 0) is 17.8 Å². The molecule has 3 aromatic carbocycles. The van der Waals surface area contributed by atoms with E-state index in [2.05, 4.69) is 5.32 Å². The van der Waals surface area contributed by atoms with Crippen molar-refractivity contribution in [3.8, 4) is 5.75 Å². The number of halogens is 1. The van der Waals surface area contributed by atoms with Crippen LogP contribution in [0.4, 0.5) is 4.39 Å². The maximum atomic E-state index is 12.9. The largest absolute Gasteiger partial charge is 0.485 e. The maximum absolute atomic E-state index is 12.9. The molecule has 0 aliphatic carbocycles. The fourth-order valence-electron chi connectivity index (χ4n) is 2.69. The van der Waals surface area contributed by atoms with Crippen LogP contribution in [0.1, 0.15) is 21.5 Å². The van der Waals surface area contributed by atoms with E-state index in [0.717, 1.165) is 5.56 Å². The van der Waals surface area contributed by atoms with E-state index in [-0.39, 0.29) is 30.5 Å². The van der Waals surface area contributed by atoms with Gasteiger partial charge in [0.15, 0.2) is 5.78 Å². The number of para-hydroxylation sites is 1. The molecule has 0 radical (unpaired) electrons. The van der Waals surface area contributed by atoms with Crippen LogP contribution in [-0.4, -0.2) is 18.3 Å². The Morgan fingerprint density at radius 2 is 1.50 bits per heavy atom. The van der Waals surface area contributed by atoms with Gasteiger partial charge in [0.05, 0.1) is 5.56 Å². The summed E-state index contributed by atoms with van der Waals surface area (Å²) in [5, 5.41) is 2.85. The van der Waals surface area contributed by atoms with Crippen molar-refractivity contribution in [3.05, 3.63) is 101 Å². The minimum absolute atomic E-state index is 0.142. The zero-order chi connectivity index (χ0) is 19.8. The molecule has 142 valence electrons. The topological polar surface area (TPSA) is 55.4 Å². The van der Waals surface area contributed by atoms with Crippen LogP contribution < -0.4 is 10.1 Å². The molecule has 5 heteroatoms. The van der Waals surface area contributed by atoms with Crippen molar-refractivity contribution in [1.29, 1.82) is 0 Å². The summed E-state index contributed by atoms with van der Waals surface area (Å²) >= 11 is 0. The standard InChI is InChI=1S/C23H20FNO3/c24-19-12-10-17(11-13-19)14-20(26)16-28-22-9-5-4-8-21(22)23(27)25-15-18-6-2-1-3-7-18/h1-13H,14-16H2,(H,25,27). The highest BCUT2D eigenvalue weighted by Crippen LogP contribution is 2.18. The molecule has 0 aliphatic heterocycles. The predicted molar refractivity (Wildman–Crippen MR) is 105 cm³/mol. The summed E-state index contributed by atoms with van der Waals surface area (Å²) in [6, 6.07) is 22.1. The van der Waals surface area contributed by atoms with Crippen LogP contribution in [0, 0.1) is 5.82 Å². The molecule has 0 aliphatic rings. The summed E-state index contributed by atoms with van der Waals surface area (Å²) in [5.74, 6) is -0.431. The molecule has 0 fully saturated rings. The number of hydrogen-bond acceptors (Lipinski definition) is 3. The number of ketones is 1. The quantitative estimate of drug-likeness (QED) is 0.647. The molecular weight excluding hydrogens is 357 g/mol. The van der Waals surface area contributed by atoms with E-state index in [4.69, 9.17) is 4.74 Å². The first-order valence-corrected chi connectivity index (χ1v) is 8.92. The summed E-state index contributed by atoms with van der Waals surface area (Å²) < 4.78 is 18.5. The lowest BCUT2D eigenvalue weighted by Crippen LogP contribution is -2.24. The van der Waals surface area contributed by atoms with Crippen LogP contribution >= 0.6 is 0 Å². The molecular formula is C23H20FNO3. The van der Waals surface area contributed by atoms with Crippen LogP contribution in [0.5, 0.6) is 5.75 Å². The molecule has 0 heterocycles. The number of Topliss-reactive ketones (excluding diaryl/α,β-unsaturated/α-hetero) is 1. The average Bonchev–Trinajstić information content (AvgIpc) is 2.73. The summed E-state index contributed by atoms with van der Waals surface area (Å²) in [4.78, 5) is 24.6. The first kappa shape index (κ1) is 19.3. The fraction of sp³-hybridized carbons (Fsp3) is 0.130. The van der Waals surface area contributed by atoms with E-state index in [9.17, 15) is 14.0 Å². The number of ether oxygens (including phenoxy) is 1. The van der Waals surface area contributed by atoms with Gasteiger partial charge in [0.25, 0.3) is 5.91 Å². The van der Waals surface area contributed by atoms with Crippen molar-refractivity contribution < 1.29 is 18.7 Å². The Morgan fingerprint density at radius 1 is 0.821 bits per heavy atom. The minimum atomic E-state index is -0.345. The molecule has 4 nitrogen and oxygen atoms in total. The monoisotopic (exact) mass is 377 g/mol. The van der Waals surface area contributed by atoms with Gasteiger partial charge < -0.3 is 10.1 Å². The summed E-state index contributed by atoms with van der Waals surface area (Å²) in [7, 11) is 0. The minimum Gasteiger partial charge on any atom is -0.485 e. The van der Waals surface area contributed by atoms with E-state index in [0.29, 0.717) is 23.4 Å². The van der Waals surface area contributed by atoms with Crippen molar-refractivity contribution in [2.45, 2.75) is 13.0 Å². The van der Waals surface area contributed by atoms with Gasteiger partial charge in [0, 0.05) is 13.0 Å². The van der Waals surface area contributed by atoms with Gasteiger partial charge in [-0.05, 0) is 35.4 Å². The zero-order valence-electron chi connectivity index (χ0n) is 15.2. The molecule has 1 N–H and O–H groups in total. The third kappa shape index (κ3) is 5.51. The lowest BCUT2D eigenvalue weighted by Gasteiger charge is -2.11. The molecule has 1 amide bonds. The van der Waals surface area contributed by atoms with Gasteiger partial charge in [-0.25, -0.2) is 4.39 Å². The highest BCUT2D eigenvalue weighted by atomic mass is 19.1. The predicted octanol–water partition coefficient (Wildman–Crippen LogP) is 3.95. The van der Waals surface area contributed by atoms with Gasteiger partial charge in [0.1, 0.15) is 18.2 Å². The third-order valence-electron chi connectivity index (χ3n) is 4.13. The Labute approximate surface area is 163 Å². The SMILES string of the molecule is O=C(COc1ccccc1C(=O)NCc1ccccc1)Cc1ccc(F)cc1. The van der Waals surface area contributed by atoms with Crippen molar-refractivity contribution >= 4 is 11.7 Å². The highest BCUT2D eigenvalue weighted by molar-refractivity contribution is 5.97. The third-order valence-corrected chi connectivity index (χ3v) is 4.13. The van der Waals surface area contributed by atoms with Gasteiger partial charge in [-0.3, -0.25) is 9.59 Å². The van der Waals surface area contributed by atoms with Gasteiger partial charge in [-0.1, -0.05) is 54.6 Å². The Kier molecular flexibility index (Phi) is 6.52. The highest BCUT2D eigenvalue weighted by Gasteiger charge is 2.13. The number of hydrogen-bond donors (Lipinski definition) is 1. The van der Waals surface area contributed by atoms with Gasteiger partial charge in [-0.15, -0.1) is 0 Å². The van der Waals surface area contributed by atoms with E-state index in [1.807, 2.05) is 30.3 Å². The second kappa shape index (κ2) is 9.46. The molecule has 0 saturated carbocycles. The molecule has 0 atom stereocenters. The smallest absolute Gasteiger partial charge is 0.255 e. The Hall–Kier alpha value is -3.47. The normalized spacial score (nSPS) is 10.3. The Bertz CT molecular complexity index is 940. The summed E-state index contributed by atoms with van der Waals surface area (Å²) in [6.45, 7) is 0.234. The molecule has 0 aromatic heterocycles. The van der Waals surface area contributed by atoms with Crippen LogP contribution in [0.15, 0.2) is 78.9 Å². The molecule has 28 heavy (non-hydrogen) atoms. The Balaban J connectivity index is 1.57. The molecule has 0 bridgehead atoms. The van der Waals surface area contributed by atoms with Crippen molar-refractivity contribution in [2.24, 2.45) is 0 Å².